The fraction of sp³-hybridized carbons (Fsp3) is 1.00. The Hall–Kier alpha value is 0.660. The molecule has 0 aliphatic carbocycles. The Kier molecular flexibility index (Phi) is 3.96. The summed E-state index contributed by atoms with van der Waals surface area (Å²) < 4.78 is 5.51. The van der Waals surface area contributed by atoms with Crippen molar-refractivity contribution in [3.05, 3.63) is 0 Å². The van der Waals surface area contributed by atoms with Gasteiger partial charge >= 0.3 is 0 Å². The Morgan fingerprint density at radius 2 is 2.10 bits per heavy atom. The molecule has 0 aromatic heterocycles. The molecule has 1 aliphatic heterocycles. The van der Waals surface area contributed by atoms with Crippen molar-refractivity contribution in [2.45, 2.75) is 23.5 Å². The smallest absolute Gasteiger partial charge is 0.104 e. The van der Waals surface area contributed by atoms with Crippen LogP contribution in [0.4, 0.5) is 0 Å². The third kappa shape index (κ3) is 2.36. The lowest BCUT2D eigenvalue weighted by Gasteiger charge is -2.26. The van der Waals surface area contributed by atoms with Crippen LogP contribution in [0, 0.1) is 0 Å². The number of ether oxygens (including phenoxy) is 1. The fourth-order valence-corrected chi connectivity index (χ4v) is 2.59. The van der Waals surface area contributed by atoms with E-state index in [1.54, 1.807) is 0 Å². The van der Waals surface area contributed by atoms with Gasteiger partial charge in [0.25, 0.3) is 0 Å². The van der Waals surface area contributed by atoms with Crippen molar-refractivity contribution >= 4 is 23.5 Å². The van der Waals surface area contributed by atoms with E-state index >= 15 is 0 Å². The predicted molar refractivity (Wildman–Crippen MR) is 49.8 cm³/mol. The highest BCUT2D eigenvalue weighted by Crippen LogP contribution is 2.27. The molecule has 0 radical (unpaired) electrons. The molecule has 1 aliphatic rings. The van der Waals surface area contributed by atoms with Gasteiger partial charge in [-0.25, -0.2) is 0 Å². The van der Waals surface area contributed by atoms with Gasteiger partial charge in [-0.2, -0.15) is 11.8 Å². The summed E-state index contributed by atoms with van der Waals surface area (Å²) in [5.41, 5.74) is 0.464. The molecular weight excluding hydrogens is 164 g/mol. The molecule has 0 spiro atoms. The molecule has 0 saturated carbocycles. The van der Waals surface area contributed by atoms with E-state index in [1.165, 1.54) is 12.8 Å². The van der Waals surface area contributed by atoms with E-state index in [4.69, 9.17) is 4.74 Å². The van der Waals surface area contributed by atoms with Crippen LogP contribution in [0.1, 0.15) is 12.8 Å². The highest BCUT2D eigenvalue weighted by Gasteiger charge is 2.20. The third-order valence-corrected chi connectivity index (χ3v) is 3.74. The van der Waals surface area contributed by atoms with E-state index < -0.39 is 0 Å². The number of rotatable bonds is 2. The van der Waals surface area contributed by atoms with E-state index in [0.717, 1.165) is 11.9 Å². The van der Waals surface area contributed by atoms with Crippen LogP contribution in [0.25, 0.3) is 0 Å². The average molecular weight is 178 g/mol. The molecule has 2 atom stereocenters. The maximum atomic E-state index is 5.51. The minimum atomic E-state index is 0.464. The molecule has 0 N–H and O–H groups in total. The lowest BCUT2D eigenvalue weighted by Crippen LogP contribution is -2.24. The van der Waals surface area contributed by atoms with E-state index in [0.29, 0.717) is 5.44 Å². The highest BCUT2D eigenvalue weighted by atomic mass is 32.2. The molecule has 0 aromatic carbocycles. The van der Waals surface area contributed by atoms with Crippen molar-refractivity contribution in [2.75, 3.05) is 19.1 Å². The van der Waals surface area contributed by atoms with Gasteiger partial charge < -0.3 is 4.74 Å². The minimum absolute atomic E-state index is 0.464. The zero-order valence-corrected chi connectivity index (χ0v) is 8.13. The Morgan fingerprint density at radius 3 is 2.70 bits per heavy atom. The predicted octanol–water partition coefficient (Wildman–Crippen LogP) is 2.22. The van der Waals surface area contributed by atoms with Crippen LogP contribution in [-0.2, 0) is 4.74 Å². The van der Waals surface area contributed by atoms with Gasteiger partial charge in [0.05, 0.1) is 0 Å². The van der Waals surface area contributed by atoms with Crippen molar-refractivity contribution in [3.63, 3.8) is 0 Å². The number of hydrogen-bond acceptors (Lipinski definition) is 3. The van der Waals surface area contributed by atoms with Crippen molar-refractivity contribution in [1.29, 1.82) is 0 Å². The van der Waals surface area contributed by atoms with Gasteiger partial charge in [0, 0.05) is 11.9 Å². The Bertz CT molecular complexity index is 87.6. The second-order valence-electron chi connectivity index (χ2n) is 2.42. The number of thioether (sulfide) groups is 2. The Labute approximate surface area is 71.3 Å². The highest BCUT2D eigenvalue weighted by molar-refractivity contribution is 8.00. The quantitative estimate of drug-likeness (QED) is 0.641. The summed E-state index contributed by atoms with van der Waals surface area (Å²) in [6, 6.07) is 0. The van der Waals surface area contributed by atoms with Crippen LogP contribution in [0.3, 0.4) is 0 Å². The summed E-state index contributed by atoms with van der Waals surface area (Å²) in [7, 11) is 0. The minimum Gasteiger partial charge on any atom is -0.368 e. The average Bonchev–Trinajstić information content (AvgIpc) is 2.05. The van der Waals surface area contributed by atoms with E-state index in [-0.39, 0.29) is 0 Å². The van der Waals surface area contributed by atoms with Gasteiger partial charge in [-0.3, -0.25) is 0 Å². The Morgan fingerprint density at radius 1 is 1.30 bits per heavy atom. The summed E-state index contributed by atoms with van der Waals surface area (Å²) in [6.07, 6.45) is 6.77. The maximum Gasteiger partial charge on any atom is 0.104 e. The molecule has 2 unspecified atom stereocenters. The zero-order chi connectivity index (χ0) is 7.40. The molecule has 0 amide bonds. The largest absolute Gasteiger partial charge is 0.368 e. The van der Waals surface area contributed by atoms with Gasteiger partial charge in [0.15, 0.2) is 0 Å². The molecule has 60 valence electrons. The Balaban J connectivity index is 2.25. The molecule has 1 heterocycles. The fourth-order valence-electron chi connectivity index (χ4n) is 1.11. The molecule has 1 nitrogen and oxygen atoms in total. The van der Waals surface area contributed by atoms with Crippen LogP contribution in [-0.4, -0.2) is 29.8 Å². The zero-order valence-electron chi connectivity index (χ0n) is 6.50. The first kappa shape index (κ1) is 8.75. The lowest BCUT2D eigenvalue weighted by molar-refractivity contribution is 0.0762. The van der Waals surface area contributed by atoms with E-state index in [2.05, 4.69) is 12.5 Å². The summed E-state index contributed by atoms with van der Waals surface area (Å²) in [5.74, 6) is 0. The summed E-state index contributed by atoms with van der Waals surface area (Å²) in [5, 5.41) is 0.839. The van der Waals surface area contributed by atoms with Gasteiger partial charge in [0.1, 0.15) is 5.44 Å². The normalized spacial score (nSPS) is 34.2. The first-order chi connectivity index (χ1) is 4.86. The van der Waals surface area contributed by atoms with Crippen molar-refractivity contribution in [1.82, 2.24) is 0 Å². The molecule has 0 bridgehead atoms. The SMILES string of the molecule is CSC1CCOC(SC)C1. The second kappa shape index (κ2) is 4.52. The summed E-state index contributed by atoms with van der Waals surface area (Å²) in [4.78, 5) is 0. The van der Waals surface area contributed by atoms with Crippen molar-refractivity contribution in [2.24, 2.45) is 0 Å². The van der Waals surface area contributed by atoms with Gasteiger partial charge in [-0.15, -0.1) is 11.8 Å². The van der Waals surface area contributed by atoms with Crippen LogP contribution in [0.15, 0.2) is 0 Å². The molecule has 1 saturated heterocycles. The summed E-state index contributed by atoms with van der Waals surface area (Å²) in [6.45, 7) is 0.955. The third-order valence-electron chi connectivity index (χ3n) is 1.80. The van der Waals surface area contributed by atoms with Gasteiger partial charge in [0.2, 0.25) is 0 Å². The molecular formula is C7H14OS2. The van der Waals surface area contributed by atoms with E-state index in [9.17, 15) is 0 Å². The maximum absolute atomic E-state index is 5.51. The topological polar surface area (TPSA) is 9.23 Å². The number of hydrogen-bond donors (Lipinski definition) is 0. The van der Waals surface area contributed by atoms with E-state index in [1.807, 2.05) is 23.5 Å². The van der Waals surface area contributed by atoms with Crippen LogP contribution in [0.5, 0.6) is 0 Å². The first-order valence-corrected chi connectivity index (χ1v) is 6.11. The standard InChI is InChI=1S/C7H14OS2/c1-9-6-3-4-8-7(5-6)10-2/h6-7H,3-5H2,1-2H3. The monoisotopic (exact) mass is 178 g/mol. The first-order valence-electron chi connectivity index (χ1n) is 3.54. The molecule has 10 heavy (non-hydrogen) atoms. The lowest BCUT2D eigenvalue weighted by atomic mass is 10.2. The van der Waals surface area contributed by atoms with Crippen molar-refractivity contribution < 1.29 is 4.74 Å². The van der Waals surface area contributed by atoms with Gasteiger partial charge in [-0.1, -0.05) is 0 Å². The van der Waals surface area contributed by atoms with Crippen LogP contribution >= 0.6 is 23.5 Å². The van der Waals surface area contributed by atoms with Crippen molar-refractivity contribution in [3.8, 4) is 0 Å². The molecule has 0 aromatic rings. The van der Waals surface area contributed by atoms with Crippen LogP contribution < -0.4 is 0 Å². The summed E-state index contributed by atoms with van der Waals surface area (Å²) >= 11 is 3.80. The van der Waals surface area contributed by atoms with Crippen LogP contribution in [0.2, 0.25) is 0 Å². The second-order valence-corrected chi connectivity index (χ2v) is 4.55. The van der Waals surface area contributed by atoms with Gasteiger partial charge in [-0.05, 0) is 25.4 Å². The molecule has 3 heteroatoms. The molecule has 1 rings (SSSR count). The molecule has 1 fully saturated rings.